The molecule has 0 aliphatic carbocycles. The molecule has 16 heavy (non-hydrogen) atoms. The highest BCUT2D eigenvalue weighted by Gasteiger charge is 2.04. The molecule has 0 radical (unpaired) electrons. The molecule has 0 atom stereocenters. The SMILES string of the molecule is CCC(=O)O.CCC(=O)O.O=C(O)C(=O)O. The molecule has 94 valence electrons. The Morgan fingerprint density at radius 2 is 0.812 bits per heavy atom. The molecule has 0 aromatic rings. The number of carboxylic acids is 4. The number of rotatable bonds is 2. The van der Waals surface area contributed by atoms with Gasteiger partial charge in [0.25, 0.3) is 0 Å². The zero-order valence-electron chi connectivity index (χ0n) is 8.84. The summed E-state index contributed by atoms with van der Waals surface area (Å²) < 4.78 is 0. The van der Waals surface area contributed by atoms with E-state index in [4.69, 9.17) is 30.0 Å². The molecule has 0 spiro atoms. The molecule has 8 heteroatoms. The van der Waals surface area contributed by atoms with Crippen LogP contribution in [0.3, 0.4) is 0 Å². The van der Waals surface area contributed by atoms with Gasteiger partial charge in [0.05, 0.1) is 0 Å². The summed E-state index contributed by atoms with van der Waals surface area (Å²) in [6.07, 6.45) is 0.444. The average Bonchev–Trinajstić information content (AvgIpc) is 2.19. The molecule has 0 bridgehead atoms. The molecular formula is C8H14O8. The van der Waals surface area contributed by atoms with Crippen molar-refractivity contribution >= 4 is 23.9 Å². The van der Waals surface area contributed by atoms with E-state index in [-0.39, 0.29) is 12.8 Å². The predicted molar refractivity (Wildman–Crippen MR) is 51.1 cm³/mol. The second kappa shape index (κ2) is 12.9. The predicted octanol–water partition coefficient (Wildman–Crippen LogP) is 0.118. The Morgan fingerprint density at radius 1 is 0.688 bits per heavy atom. The summed E-state index contributed by atoms with van der Waals surface area (Å²) in [6.45, 7) is 3.20. The van der Waals surface area contributed by atoms with E-state index in [2.05, 4.69) is 0 Å². The minimum Gasteiger partial charge on any atom is -0.481 e. The number of carbonyl (C=O) groups is 4. The lowest BCUT2D eigenvalue weighted by Gasteiger charge is -1.72. The van der Waals surface area contributed by atoms with Gasteiger partial charge in [0, 0.05) is 12.8 Å². The number of hydrogen-bond donors (Lipinski definition) is 4. The largest absolute Gasteiger partial charge is 0.481 e. The Labute approximate surface area is 91.1 Å². The summed E-state index contributed by atoms with van der Waals surface area (Å²) in [4.78, 5) is 36.9. The molecule has 0 unspecified atom stereocenters. The van der Waals surface area contributed by atoms with Crippen LogP contribution in [0.15, 0.2) is 0 Å². The monoisotopic (exact) mass is 238 g/mol. The van der Waals surface area contributed by atoms with Gasteiger partial charge in [0.15, 0.2) is 0 Å². The van der Waals surface area contributed by atoms with Gasteiger partial charge in [0.2, 0.25) is 0 Å². The van der Waals surface area contributed by atoms with Gasteiger partial charge in [-0.15, -0.1) is 0 Å². The molecule has 0 aliphatic heterocycles. The lowest BCUT2D eigenvalue weighted by Crippen LogP contribution is -2.09. The molecule has 0 aromatic carbocycles. The van der Waals surface area contributed by atoms with Gasteiger partial charge in [-0.25, -0.2) is 9.59 Å². The molecule has 0 aliphatic rings. The van der Waals surface area contributed by atoms with Crippen LogP contribution in [0.1, 0.15) is 26.7 Å². The van der Waals surface area contributed by atoms with Crippen molar-refractivity contribution < 1.29 is 39.6 Å². The minimum absolute atomic E-state index is 0.222. The summed E-state index contributed by atoms with van der Waals surface area (Å²) in [5, 5.41) is 30.2. The fourth-order valence-electron chi connectivity index (χ4n) is 0. The lowest BCUT2D eigenvalue weighted by molar-refractivity contribution is -0.159. The van der Waals surface area contributed by atoms with E-state index in [1.165, 1.54) is 0 Å². The van der Waals surface area contributed by atoms with E-state index in [9.17, 15) is 9.59 Å². The summed E-state index contributed by atoms with van der Waals surface area (Å²) in [7, 11) is 0. The molecule has 0 saturated heterocycles. The van der Waals surface area contributed by atoms with Gasteiger partial charge in [0.1, 0.15) is 0 Å². The van der Waals surface area contributed by atoms with Gasteiger partial charge in [-0.05, 0) is 0 Å². The number of carboxylic acid groups (broad SMARTS) is 4. The maximum Gasteiger partial charge on any atom is 0.414 e. The lowest BCUT2D eigenvalue weighted by atomic mass is 10.5. The quantitative estimate of drug-likeness (QED) is 0.495. The fraction of sp³-hybridized carbons (Fsp3) is 0.500. The van der Waals surface area contributed by atoms with Crippen LogP contribution in [0.5, 0.6) is 0 Å². The molecule has 0 aromatic heterocycles. The van der Waals surface area contributed by atoms with Crippen molar-refractivity contribution in [2.24, 2.45) is 0 Å². The van der Waals surface area contributed by atoms with Gasteiger partial charge in [-0.3, -0.25) is 9.59 Å². The maximum atomic E-state index is 9.37. The zero-order chi connectivity index (χ0) is 13.7. The molecule has 0 rings (SSSR count). The van der Waals surface area contributed by atoms with Crippen LogP contribution >= 0.6 is 0 Å². The van der Waals surface area contributed by atoms with Crippen LogP contribution in [0.2, 0.25) is 0 Å². The molecule has 0 amide bonds. The van der Waals surface area contributed by atoms with E-state index in [0.29, 0.717) is 0 Å². The van der Waals surface area contributed by atoms with Crippen molar-refractivity contribution in [3.8, 4) is 0 Å². The third kappa shape index (κ3) is 40.7. The first-order valence-electron chi connectivity index (χ1n) is 4.08. The summed E-state index contributed by atoms with van der Waals surface area (Å²) in [6, 6.07) is 0. The van der Waals surface area contributed by atoms with Crippen LogP contribution in [0, 0.1) is 0 Å². The smallest absolute Gasteiger partial charge is 0.414 e. The van der Waals surface area contributed by atoms with Crippen molar-refractivity contribution in [3.05, 3.63) is 0 Å². The highest BCUT2D eigenvalue weighted by atomic mass is 16.4. The summed E-state index contributed by atoms with van der Waals surface area (Å²) in [5.74, 6) is -5.14. The molecule has 4 N–H and O–H groups in total. The van der Waals surface area contributed by atoms with E-state index in [1.54, 1.807) is 13.8 Å². The number of hydrogen-bond acceptors (Lipinski definition) is 4. The standard InChI is InChI=1S/2C3H6O2.C2H2O4/c2*1-2-3(4)5;3-1(4)2(5)6/h2*2H2,1H3,(H,4,5);(H,3,4)(H,5,6). The van der Waals surface area contributed by atoms with Crippen LogP contribution in [-0.2, 0) is 19.2 Å². The summed E-state index contributed by atoms with van der Waals surface area (Å²) >= 11 is 0. The Hall–Kier alpha value is -2.12. The number of aliphatic carboxylic acids is 4. The van der Waals surface area contributed by atoms with Crippen LogP contribution < -0.4 is 0 Å². The van der Waals surface area contributed by atoms with Crippen molar-refractivity contribution in [1.29, 1.82) is 0 Å². The van der Waals surface area contributed by atoms with Crippen molar-refractivity contribution in [2.75, 3.05) is 0 Å². The fourth-order valence-corrected chi connectivity index (χ4v) is 0. The average molecular weight is 238 g/mol. The highest BCUT2D eigenvalue weighted by Crippen LogP contribution is 1.67. The molecule has 0 heterocycles. The molecule has 0 fully saturated rings. The van der Waals surface area contributed by atoms with E-state index < -0.39 is 23.9 Å². The van der Waals surface area contributed by atoms with Crippen molar-refractivity contribution in [1.82, 2.24) is 0 Å². The molecular weight excluding hydrogens is 224 g/mol. The maximum absolute atomic E-state index is 9.37. The first-order chi connectivity index (χ1) is 7.18. The zero-order valence-corrected chi connectivity index (χ0v) is 8.84. The Morgan fingerprint density at radius 3 is 0.812 bits per heavy atom. The highest BCUT2D eigenvalue weighted by molar-refractivity contribution is 6.27. The van der Waals surface area contributed by atoms with Gasteiger partial charge >= 0.3 is 23.9 Å². The Balaban J connectivity index is -0.000000160. The Bertz CT molecular complexity index is 218. The van der Waals surface area contributed by atoms with Crippen LogP contribution in [0.4, 0.5) is 0 Å². The van der Waals surface area contributed by atoms with Crippen LogP contribution in [0.25, 0.3) is 0 Å². The first-order valence-corrected chi connectivity index (χ1v) is 4.08. The topological polar surface area (TPSA) is 149 Å². The summed E-state index contributed by atoms with van der Waals surface area (Å²) in [5.41, 5.74) is 0. The first kappa shape index (κ1) is 19.5. The van der Waals surface area contributed by atoms with E-state index in [1.807, 2.05) is 0 Å². The van der Waals surface area contributed by atoms with Gasteiger partial charge in [-0.1, -0.05) is 13.8 Å². The molecule has 8 nitrogen and oxygen atoms in total. The van der Waals surface area contributed by atoms with E-state index in [0.717, 1.165) is 0 Å². The molecule has 0 saturated carbocycles. The van der Waals surface area contributed by atoms with Crippen LogP contribution in [-0.4, -0.2) is 44.3 Å². The van der Waals surface area contributed by atoms with Gasteiger partial charge in [-0.2, -0.15) is 0 Å². The third-order valence-corrected chi connectivity index (χ3v) is 0.788. The minimum atomic E-state index is -1.82. The van der Waals surface area contributed by atoms with Gasteiger partial charge < -0.3 is 20.4 Å². The van der Waals surface area contributed by atoms with E-state index >= 15 is 0 Å². The second-order valence-corrected chi connectivity index (χ2v) is 2.10. The second-order valence-electron chi connectivity index (χ2n) is 2.10. The van der Waals surface area contributed by atoms with Crippen molar-refractivity contribution in [2.45, 2.75) is 26.7 Å². The normalized spacial score (nSPS) is 7.38. The third-order valence-electron chi connectivity index (χ3n) is 0.788. The van der Waals surface area contributed by atoms with Crippen molar-refractivity contribution in [3.63, 3.8) is 0 Å². The Kier molecular flexibility index (Phi) is 15.7.